The summed E-state index contributed by atoms with van der Waals surface area (Å²) >= 11 is 0. The average Bonchev–Trinajstić information content (AvgIpc) is 2.17. The van der Waals surface area contributed by atoms with Crippen LogP contribution >= 0.6 is 0 Å². The number of hydrogen-bond donors (Lipinski definition) is 3. The summed E-state index contributed by atoms with van der Waals surface area (Å²) in [7, 11) is 0. The van der Waals surface area contributed by atoms with Crippen LogP contribution in [-0.2, 0) is 12.8 Å². The number of aromatic hydroxyl groups is 1. The van der Waals surface area contributed by atoms with Gasteiger partial charge in [-0.1, -0.05) is 12.1 Å². The van der Waals surface area contributed by atoms with Gasteiger partial charge in [-0.05, 0) is 36.5 Å². The van der Waals surface area contributed by atoms with E-state index in [-0.39, 0.29) is 6.04 Å². The van der Waals surface area contributed by atoms with Gasteiger partial charge in [-0.2, -0.15) is 0 Å². The zero-order valence-corrected chi connectivity index (χ0v) is 8.23. The van der Waals surface area contributed by atoms with Gasteiger partial charge in [0.15, 0.2) is 0 Å². The second-order valence-electron chi connectivity index (χ2n) is 3.80. The Labute approximate surface area is 87.6 Å². The summed E-state index contributed by atoms with van der Waals surface area (Å²) in [5, 5.41) is 20.7. The molecule has 80 valence electrons. The average molecular weight is 207 g/mol. The molecule has 0 radical (unpaired) electrons. The van der Waals surface area contributed by atoms with Gasteiger partial charge in [-0.25, -0.2) is 4.79 Å². The quantitative estimate of drug-likeness (QED) is 0.653. The van der Waals surface area contributed by atoms with Crippen LogP contribution in [0.5, 0.6) is 5.75 Å². The molecule has 0 fully saturated rings. The molecule has 0 saturated carbocycles. The summed E-state index contributed by atoms with van der Waals surface area (Å²) in [6.45, 7) is 0. The Morgan fingerprint density at radius 2 is 2.27 bits per heavy atom. The summed E-state index contributed by atoms with van der Waals surface area (Å²) in [5.74, 6) is 0.321. The van der Waals surface area contributed by atoms with Gasteiger partial charge in [-0.15, -0.1) is 0 Å². The SMILES string of the molecule is O=C(O)N[C@H]1CCc2c(O)cccc2C1. The number of phenols is 1. The third-order valence-corrected chi connectivity index (χ3v) is 2.79. The number of carbonyl (C=O) groups is 1. The molecule has 1 aliphatic carbocycles. The van der Waals surface area contributed by atoms with Crippen LogP contribution in [0.3, 0.4) is 0 Å². The highest BCUT2D eigenvalue weighted by Gasteiger charge is 2.21. The molecular weight excluding hydrogens is 194 g/mol. The maximum atomic E-state index is 10.5. The minimum Gasteiger partial charge on any atom is -0.508 e. The number of hydrogen-bond acceptors (Lipinski definition) is 2. The third kappa shape index (κ3) is 2.03. The molecule has 0 bridgehead atoms. The van der Waals surface area contributed by atoms with Crippen LogP contribution < -0.4 is 5.32 Å². The lowest BCUT2D eigenvalue weighted by Gasteiger charge is -2.24. The summed E-state index contributed by atoms with van der Waals surface area (Å²) in [6, 6.07) is 5.36. The summed E-state index contributed by atoms with van der Waals surface area (Å²) in [4.78, 5) is 10.5. The van der Waals surface area contributed by atoms with E-state index in [4.69, 9.17) is 5.11 Å². The van der Waals surface area contributed by atoms with E-state index in [1.54, 1.807) is 12.1 Å². The number of benzene rings is 1. The van der Waals surface area contributed by atoms with Crippen LogP contribution in [0.1, 0.15) is 17.5 Å². The minimum atomic E-state index is -0.983. The number of fused-ring (bicyclic) bond motifs is 1. The smallest absolute Gasteiger partial charge is 0.404 e. The topological polar surface area (TPSA) is 69.6 Å². The van der Waals surface area contributed by atoms with Gasteiger partial charge in [0, 0.05) is 6.04 Å². The van der Waals surface area contributed by atoms with E-state index in [2.05, 4.69) is 5.32 Å². The first-order chi connectivity index (χ1) is 7.16. The van der Waals surface area contributed by atoms with E-state index < -0.39 is 6.09 Å². The summed E-state index contributed by atoms with van der Waals surface area (Å²) in [6.07, 6.45) is 1.16. The molecule has 2 rings (SSSR count). The Morgan fingerprint density at radius 1 is 1.47 bits per heavy atom. The van der Waals surface area contributed by atoms with Crippen molar-refractivity contribution in [2.24, 2.45) is 0 Å². The summed E-state index contributed by atoms with van der Waals surface area (Å²) in [5.41, 5.74) is 2.00. The Hall–Kier alpha value is -1.71. The van der Waals surface area contributed by atoms with Crippen LogP contribution in [0.15, 0.2) is 18.2 Å². The lowest BCUT2D eigenvalue weighted by atomic mass is 9.88. The van der Waals surface area contributed by atoms with Crippen LogP contribution in [-0.4, -0.2) is 22.3 Å². The predicted octanol–water partition coefficient (Wildman–Crippen LogP) is 1.52. The number of carboxylic acid groups (broad SMARTS) is 1. The normalized spacial score (nSPS) is 19.3. The first-order valence-electron chi connectivity index (χ1n) is 4.96. The van der Waals surface area contributed by atoms with Crippen molar-refractivity contribution in [3.8, 4) is 5.75 Å². The van der Waals surface area contributed by atoms with Gasteiger partial charge < -0.3 is 15.5 Å². The highest BCUT2D eigenvalue weighted by Crippen LogP contribution is 2.28. The van der Waals surface area contributed by atoms with Crippen molar-refractivity contribution in [3.63, 3.8) is 0 Å². The van der Waals surface area contributed by atoms with Crippen LogP contribution in [0, 0.1) is 0 Å². The molecule has 4 nitrogen and oxygen atoms in total. The largest absolute Gasteiger partial charge is 0.508 e. The molecule has 1 aromatic carbocycles. The Morgan fingerprint density at radius 3 is 3.00 bits per heavy atom. The second kappa shape index (κ2) is 3.81. The van der Waals surface area contributed by atoms with Gasteiger partial charge in [0.1, 0.15) is 5.75 Å². The molecule has 0 aromatic heterocycles. The van der Waals surface area contributed by atoms with Crippen LogP contribution in [0.4, 0.5) is 4.79 Å². The summed E-state index contributed by atoms with van der Waals surface area (Å²) < 4.78 is 0. The molecule has 0 aliphatic heterocycles. The van der Waals surface area contributed by atoms with Crippen molar-refractivity contribution in [3.05, 3.63) is 29.3 Å². The van der Waals surface area contributed by atoms with E-state index in [1.807, 2.05) is 6.07 Å². The highest BCUT2D eigenvalue weighted by molar-refractivity contribution is 5.65. The lowest BCUT2D eigenvalue weighted by Crippen LogP contribution is -2.37. The van der Waals surface area contributed by atoms with Gasteiger partial charge in [0.05, 0.1) is 0 Å². The highest BCUT2D eigenvalue weighted by atomic mass is 16.4. The van der Waals surface area contributed by atoms with Crippen molar-refractivity contribution < 1.29 is 15.0 Å². The molecule has 3 N–H and O–H groups in total. The van der Waals surface area contributed by atoms with E-state index in [1.165, 1.54) is 0 Å². The molecule has 1 aromatic rings. The number of nitrogens with one attached hydrogen (secondary N) is 1. The molecule has 0 unspecified atom stereocenters. The van der Waals surface area contributed by atoms with E-state index in [0.29, 0.717) is 12.2 Å². The van der Waals surface area contributed by atoms with Gasteiger partial charge in [-0.3, -0.25) is 0 Å². The number of rotatable bonds is 1. The maximum absolute atomic E-state index is 10.5. The van der Waals surface area contributed by atoms with Gasteiger partial charge in [0.2, 0.25) is 0 Å². The predicted molar refractivity (Wildman–Crippen MR) is 55.1 cm³/mol. The lowest BCUT2D eigenvalue weighted by molar-refractivity contribution is 0.188. The van der Waals surface area contributed by atoms with Crippen molar-refractivity contribution >= 4 is 6.09 Å². The van der Waals surface area contributed by atoms with Crippen LogP contribution in [0.25, 0.3) is 0 Å². The Kier molecular flexibility index (Phi) is 2.49. The molecule has 0 saturated heterocycles. The molecule has 0 heterocycles. The number of phenolic OH excluding ortho intramolecular Hbond substituents is 1. The zero-order chi connectivity index (χ0) is 10.8. The fourth-order valence-electron chi connectivity index (χ4n) is 2.08. The zero-order valence-electron chi connectivity index (χ0n) is 8.23. The maximum Gasteiger partial charge on any atom is 0.404 e. The van der Waals surface area contributed by atoms with E-state index in [9.17, 15) is 9.90 Å². The fourth-order valence-corrected chi connectivity index (χ4v) is 2.08. The second-order valence-corrected chi connectivity index (χ2v) is 3.80. The fraction of sp³-hybridized carbons (Fsp3) is 0.364. The Bertz CT molecular complexity index is 389. The minimum absolute atomic E-state index is 0.0307. The van der Waals surface area contributed by atoms with E-state index >= 15 is 0 Å². The van der Waals surface area contributed by atoms with Crippen molar-refractivity contribution in [1.82, 2.24) is 5.32 Å². The molecule has 0 spiro atoms. The molecular formula is C11H13NO3. The van der Waals surface area contributed by atoms with Crippen molar-refractivity contribution in [2.45, 2.75) is 25.3 Å². The molecule has 15 heavy (non-hydrogen) atoms. The van der Waals surface area contributed by atoms with Gasteiger partial charge in [0.25, 0.3) is 0 Å². The van der Waals surface area contributed by atoms with E-state index in [0.717, 1.165) is 24.0 Å². The molecule has 1 atom stereocenters. The number of amides is 1. The van der Waals surface area contributed by atoms with Crippen molar-refractivity contribution in [2.75, 3.05) is 0 Å². The molecule has 1 aliphatic rings. The Balaban J connectivity index is 2.17. The first kappa shape index (κ1) is 9.83. The first-order valence-corrected chi connectivity index (χ1v) is 4.96. The standard InChI is InChI=1S/C11H13NO3/c13-10-3-1-2-7-6-8(12-11(14)15)4-5-9(7)10/h1-3,8,12-13H,4-6H2,(H,14,15)/t8-/m0/s1. The van der Waals surface area contributed by atoms with Gasteiger partial charge >= 0.3 is 6.09 Å². The van der Waals surface area contributed by atoms with Crippen molar-refractivity contribution in [1.29, 1.82) is 0 Å². The van der Waals surface area contributed by atoms with Crippen LogP contribution in [0.2, 0.25) is 0 Å². The monoisotopic (exact) mass is 207 g/mol. The molecule has 1 amide bonds. The molecule has 4 heteroatoms. The third-order valence-electron chi connectivity index (χ3n) is 2.79.